The molecule has 0 heterocycles. The average Bonchev–Trinajstić information content (AvgIpc) is 2.29. The number of fused-ring (bicyclic) bond motifs is 1. The third-order valence-electron chi connectivity index (χ3n) is 2.48. The molecule has 3 heteroatoms. The predicted octanol–water partition coefficient (Wildman–Crippen LogP) is 3.08. The molecule has 0 aliphatic carbocycles. The first-order valence-corrected chi connectivity index (χ1v) is 5.10. The minimum absolute atomic E-state index is 0.198. The lowest BCUT2D eigenvalue weighted by Crippen LogP contribution is -2.04. The molecular weight excluding hydrogens is 204 g/mol. The molecule has 1 N–H and O–H groups in total. The maximum Gasteiger partial charge on any atom is 0.505 e. The molecule has 0 aromatic heterocycles. The van der Waals surface area contributed by atoms with Crippen LogP contribution in [0.15, 0.2) is 42.5 Å². The standard InChI is InChI=1S/C13H12O3/c14-13(15)16-9-8-11-6-3-5-10-4-1-2-7-12(10)11/h1-7H,8-9H2,(H,14,15). The lowest BCUT2D eigenvalue weighted by molar-refractivity contribution is 0.0928. The Labute approximate surface area is 93.3 Å². The second-order valence-electron chi connectivity index (χ2n) is 3.50. The molecular formula is C13H12O3. The number of carbonyl (C=O) groups is 1. The van der Waals surface area contributed by atoms with Crippen molar-refractivity contribution in [1.29, 1.82) is 0 Å². The summed E-state index contributed by atoms with van der Waals surface area (Å²) in [5.74, 6) is 0. The molecule has 0 aliphatic rings. The lowest BCUT2D eigenvalue weighted by Gasteiger charge is -2.05. The molecule has 2 aromatic carbocycles. The van der Waals surface area contributed by atoms with E-state index in [2.05, 4.69) is 4.74 Å². The highest BCUT2D eigenvalue weighted by molar-refractivity contribution is 5.85. The van der Waals surface area contributed by atoms with Crippen LogP contribution >= 0.6 is 0 Å². The Morgan fingerprint density at radius 1 is 1.12 bits per heavy atom. The summed E-state index contributed by atoms with van der Waals surface area (Å²) < 4.78 is 4.51. The van der Waals surface area contributed by atoms with E-state index in [1.165, 1.54) is 0 Å². The maximum atomic E-state index is 10.2. The molecule has 16 heavy (non-hydrogen) atoms. The highest BCUT2D eigenvalue weighted by atomic mass is 16.7. The van der Waals surface area contributed by atoms with Crippen molar-refractivity contribution in [3.05, 3.63) is 48.0 Å². The van der Waals surface area contributed by atoms with Gasteiger partial charge in [-0.25, -0.2) is 4.79 Å². The van der Waals surface area contributed by atoms with Gasteiger partial charge in [0.25, 0.3) is 0 Å². The van der Waals surface area contributed by atoms with Crippen molar-refractivity contribution in [2.24, 2.45) is 0 Å². The van der Waals surface area contributed by atoms with Gasteiger partial charge in [-0.3, -0.25) is 0 Å². The zero-order chi connectivity index (χ0) is 11.4. The third-order valence-corrected chi connectivity index (χ3v) is 2.48. The zero-order valence-corrected chi connectivity index (χ0v) is 8.72. The first kappa shape index (κ1) is 10.5. The fraction of sp³-hybridized carbons (Fsp3) is 0.154. The van der Waals surface area contributed by atoms with E-state index in [9.17, 15) is 4.79 Å². The molecule has 0 radical (unpaired) electrons. The third kappa shape index (κ3) is 2.31. The fourth-order valence-electron chi connectivity index (χ4n) is 1.76. The van der Waals surface area contributed by atoms with Crippen LogP contribution in [0.1, 0.15) is 5.56 Å². The molecule has 0 unspecified atom stereocenters. The topological polar surface area (TPSA) is 46.5 Å². The second kappa shape index (κ2) is 4.66. The summed E-state index contributed by atoms with van der Waals surface area (Å²) in [7, 11) is 0. The second-order valence-corrected chi connectivity index (χ2v) is 3.50. The van der Waals surface area contributed by atoms with Gasteiger partial charge in [0.2, 0.25) is 0 Å². The molecule has 0 aliphatic heterocycles. The molecule has 0 fully saturated rings. The van der Waals surface area contributed by atoms with Crippen LogP contribution in [-0.4, -0.2) is 17.9 Å². The van der Waals surface area contributed by atoms with E-state index >= 15 is 0 Å². The van der Waals surface area contributed by atoms with Crippen LogP contribution in [0.3, 0.4) is 0 Å². The molecule has 0 saturated heterocycles. The first-order chi connectivity index (χ1) is 7.77. The minimum Gasteiger partial charge on any atom is -0.450 e. The number of hydrogen-bond acceptors (Lipinski definition) is 2. The van der Waals surface area contributed by atoms with E-state index < -0.39 is 6.16 Å². The average molecular weight is 216 g/mol. The molecule has 3 nitrogen and oxygen atoms in total. The van der Waals surface area contributed by atoms with Crippen LogP contribution in [0.4, 0.5) is 4.79 Å². The van der Waals surface area contributed by atoms with Crippen molar-refractivity contribution >= 4 is 16.9 Å². The van der Waals surface area contributed by atoms with E-state index in [1.54, 1.807) is 0 Å². The Bertz CT molecular complexity index is 500. The van der Waals surface area contributed by atoms with Gasteiger partial charge in [-0.1, -0.05) is 42.5 Å². The van der Waals surface area contributed by atoms with E-state index in [4.69, 9.17) is 5.11 Å². The van der Waals surface area contributed by atoms with Crippen molar-refractivity contribution < 1.29 is 14.6 Å². The minimum atomic E-state index is -1.22. The van der Waals surface area contributed by atoms with Gasteiger partial charge in [-0.15, -0.1) is 0 Å². The predicted molar refractivity (Wildman–Crippen MR) is 61.6 cm³/mol. The van der Waals surface area contributed by atoms with Crippen LogP contribution in [-0.2, 0) is 11.2 Å². The Balaban J connectivity index is 2.20. The number of carboxylic acid groups (broad SMARTS) is 1. The number of hydrogen-bond donors (Lipinski definition) is 1. The van der Waals surface area contributed by atoms with Gasteiger partial charge >= 0.3 is 6.16 Å². The van der Waals surface area contributed by atoms with Crippen LogP contribution in [0, 0.1) is 0 Å². The molecule has 0 atom stereocenters. The summed E-state index contributed by atoms with van der Waals surface area (Å²) in [6.07, 6.45) is -0.617. The highest BCUT2D eigenvalue weighted by Crippen LogP contribution is 2.18. The molecule has 2 rings (SSSR count). The number of ether oxygens (including phenoxy) is 1. The van der Waals surface area contributed by atoms with Gasteiger partial charge in [-0.2, -0.15) is 0 Å². The van der Waals surface area contributed by atoms with Crippen molar-refractivity contribution in [3.63, 3.8) is 0 Å². The van der Waals surface area contributed by atoms with Gasteiger partial charge in [0.15, 0.2) is 0 Å². The van der Waals surface area contributed by atoms with Crippen LogP contribution in [0.2, 0.25) is 0 Å². The van der Waals surface area contributed by atoms with E-state index in [1.807, 2.05) is 42.5 Å². The van der Waals surface area contributed by atoms with Gasteiger partial charge in [-0.05, 0) is 16.3 Å². The van der Waals surface area contributed by atoms with Crippen molar-refractivity contribution in [1.82, 2.24) is 0 Å². The van der Waals surface area contributed by atoms with Gasteiger partial charge < -0.3 is 9.84 Å². The summed E-state index contributed by atoms with van der Waals surface area (Å²) in [5.41, 5.74) is 1.11. The summed E-state index contributed by atoms with van der Waals surface area (Å²) in [6, 6.07) is 14.0. The van der Waals surface area contributed by atoms with Crippen molar-refractivity contribution in [3.8, 4) is 0 Å². The van der Waals surface area contributed by atoms with Crippen molar-refractivity contribution in [2.75, 3.05) is 6.61 Å². The van der Waals surface area contributed by atoms with E-state index in [0.29, 0.717) is 6.42 Å². The van der Waals surface area contributed by atoms with E-state index in [-0.39, 0.29) is 6.61 Å². The quantitative estimate of drug-likeness (QED) is 0.802. The van der Waals surface area contributed by atoms with Gasteiger partial charge in [0.1, 0.15) is 0 Å². The highest BCUT2D eigenvalue weighted by Gasteiger charge is 2.01. The van der Waals surface area contributed by atoms with Crippen LogP contribution in [0.5, 0.6) is 0 Å². The summed E-state index contributed by atoms with van der Waals surface area (Å²) in [5, 5.41) is 10.7. The fourth-order valence-corrected chi connectivity index (χ4v) is 1.76. The van der Waals surface area contributed by atoms with Gasteiger partial charge in [0.05, 0.1) is 6.61 Å². The van der Waals surface area contributed by atoms with Gasteiger partial charge in [0, 0.05) is 6.42 Å². The van der Waals surface area contributed by atoms with Crippen LogP contribution < -0.4 is 0 Å². The molecule has 0 spiro atoms. The Kier molecular flexibility index (Phi) is 3.05. The Hall–Kier alpha value is -2.03. The van der Waals surface area contributed by atoms with Crippen LogP contribution in [0.25, 0.3) is 10.8 Å². The SMILES string of the molecule is O=C(O)OCCc1cccc2ccccc12. The largest absolute Gasteiger partial charge is 0.505 e. The Morgan fingerprint density at radius 3 is 2.69 bits per heavy atom. The summed E-state index contributed by atoms with van der Waals surface area (Å²) >= 11 is 0. The zero-order valence-electron chi connectivity index (χ0n) is 8.72. The first-order valence-electron chi connectivity index (χ1n) is 5.10. The number of rotatable bonds is 3. The smallest absolute Gasteiger partial charge is 0.450 e. The normalized spacial score (nSPS) is 10.2. The lowest BCUT2D eigenvalue weighted by atomic mass is 10.0. The molecule has 0 amide bonds. The molecule has 0 saturated carbocycles. The summed E-state index contributed by atoms with van der Waals surface area (Å²) in [6.45, 7) is 0.198. The molecule has 2 aromatic rings. The monoisotopic (exact) mass is 216 g/mol. The summed E-state index contributed by atoms with van der Waals surface area (Å²) in [4.78, 5) is 10.2. The maximum absolute atomic E-state index is 10.2. The van der Waals surface area contributed by atoms with Crippen molar-refractivity contribution in [2.45, 2.75) is 6.42 Å². The molecule has 0 bridgehead atoms. The van der Waals surface area contributed by atoms with E-state index in [0.717, 1.165) is 16.3 Å². The molecule has 82 valence electrons. The number of benzene rings is 2. The Morgan fingerprint density at radius 2 is 1.88 bits per heavy atom.